The minimum atomic E-state index is -0.109. The third-order valence-corrected chi connectivity index (χ3v) is 7.62. The van der Waals surface area contributed by atoms with E-state index in [1.54, 1.807) is 0 Å². The van der Waals surface area contributed by atoms with Crippen LogP contribution in [0.2, 0.25) is 0 Å². The van der Waals surface area contributed by atoms with Crippen molar-refractivity contribution in [2.24, 2.45) is 5.92 Å². The molecule has 1 aliphatic heterocycles. The van der Waals surface area contributed by atoms with Crippen LogP contribution >= 0.6 is 0 Å². The van der Waals surface area contributed by atoms with Crippen molar-refractivity contribution >= 4 is 11.0 Å². The number of rotatable bonds is 6. The van der Waals surface area contributed by atoms with Crippen molar-refractivity contribution in [3.8, 4) is 11.1 Å². The van der Waals surface area contributed by atoms with Gasteiger partial charge in [-0.25, -0.2) is 0 Å². The first-order chi connectivity index (χ1) is 18.1. The number of pyridine rings is 2. The molecule has 4 heterocycles. The molecule has 1 N–H and O–H groups in total. The summed E-state index contributed by atoms with van der Waals surface area (Å²) < 4.78 is 8.32. The summed E-state index contributed by atoms with van der Waals surface area (Å²) in [6.45, 7) is 5.21. The second-order valence-electron chi connectivity index (χ2n) is 10.1. The summed E-state index contributed by atoms with van der Waals surface area (Å²) >= 11 is 0. The molecule has 5 nitrogen and oxygen atoms in total. The van der Waals surface area contributed by atoms with Gasteiger partial charge < -0.3 is 14.4 Å². The highest BCUT2D eigenvalue weighted by molar-refractivity contribution is 5.93. The van der Waals surface area contributed by atoms with Gasteiger partial charge in [0.25, 0.3) is 0 Å². The number of fused-ring (bicyclic) bond motifs is 1. The average Bonchev–Trinajstić information content (AvgIpc) is 3.49. The Hall–Kier alpha value is -3.80. The number of aromatic nitrogens is 3. The number of aliphatic hydroxyl groups is 1. The second kappa shape index (κ2) is 9.92. The molecule has 3 aromatic heterocycles. The third kappa shape index (κ3) is 4.35. The number of aliphatic hydroxyl groups excluding tert-OH is 1. The number of hydrogen-bond donors (Lipinski definition) is 1. The van der Waals surface area contributed by atoms with Crippen molar-refractivity contribution in [1.29, 1.82) is 0 Å². The molecule has 0 saturated carbocycles. The zero-order valence-electron chi connectivity index (χ0n) is 21.2. The van der Waals surface area contributed by atoms with Crippen molar-refractivity contribution in [2.45, 2.75) is 38.5 Å². The van der Waals surface area contributed by atoms with Crippen LogP contribution in [0.1, 0.15) is 48.2 Å². The fourth-order valence-corrected chi connectivity index (χ4v) is 5.76. The Morgan fingerprint density at radius 2 is 1.76 bits per heavy atom. The van der Waals surface area contributed by atoms with E-state index in [4.69, 9.17) is 14.7 Å². The van der Waals surface area contributed by atoms with Gasteiger partial charge in [-0.05, 0) is 53.3 Å². The van der Waals surface area contributed by atoms with E-state index < -0.39 is 0 Å². The molecule has 0 aliphatic carbocycles. The lowest BCUT2D eigenvalue weighted by atomic mass is 9.87. The highest BCUT2D eigenvalue weighted by atomic mass is 16.5. The SMILES string of the molecule is CC1COC(C)C1c1cnc2c(-c3ccc(CO)cc3)cn([C@H](c3ccccc3)c3ccccn3)c2c1. The predicted octanol–water partition coefficient (Wildman–Crippen LogP) is 6.37. The summed E-state index contributed by atoms with van der Waals surface area (Å²) in [5.74, 6) is 0.737. The molecular formula is C32H31N3O2. The quantitative estimate of drug-likeness (QED) is 0.301. The van der Waals surface area contributed by atoms with Gasteiger partial charge in [-0.3, -0.25) is 9.97 Å². The molecule has 5 aromatic rings. The monoisotopic (exact) mass is 489 g/mol. The maximum atomic E-state index is 9.54. The number of benzene rings is 2. The lowest BCUT2D eigenvalue weighted by Crippen LogP contribution is -2.15. The Morgan fingerprint density at radius 3 is 2.43 bits per heavy atom. The van der Waals surface area contributed by atoms with Gasteiger partial charge in [0.05, 0.1) is 36.0 Å². The maximum absolute atomic E-state index is 9.54. The van der Waals surface area contributed by atoms with Gasteiger partial charge in [0.2, 0.25) is 0 Å². The van der Waals surface area contributed by atoms with Gasteiger partial charge in [-0.2, -0.15) is 0 Å². The summed E-state index contributed by atoms with van der Waals surface area (Å²) in [6, 6.07) is 26.9. The summed E-state index contributed by atoms with van der Waals surface area (Å²) in [5.41, 5.74) is 8.40. The van der Waals surface area contributed by atoms with E-state index in [1.165, 1.54) is 5.56 Å². The van der Waals surface area contributed by atoms with Gasteiger partial charge >= 0.3 is 0 Å². The zero-order chi connectivity index (χ0) is 25.4. The Bertz CT molecular complexity index is 1450. The van der Waals surface area contributed by atoms with Crippen LogP contribution in [-0.2, 0) is 11.3 Å². The number of hydrogen-bond acceptors (Lipinski definition) is 4. The topological polar surface area (TPSA) is 60.2 Å². The molecular weight excluding hydrogens is 458 g/mol. The molecule has 1 aliphatic rings. The first kappa shape index (κ1) is 23.6. The molecule has 1 saturated heterocycles. The molecule has 3 unspecified atom stereocenters. The van der Waals surface area contributed by atoms with Gasteiger partial charge in [0, 0.05) is 30.1 Å². The fourth-order valence-electron chi connectivity index (χ4n) is 5.76. The smallest absolute Gasteiger partial charge is 0.101 e. The number of ether oxygens (including phenoxy) is 1. The third-order valence-electron chi connectivity index (χ3n) is 7.62. The molecule has 2 aromatic carbocycles. The van der Waals surface area contributed by atoms with Crippen LogP contribution < -0.4 is 0 Å². The van der Waals surface area contributed by atoms with Crippen LogP contribution in [0.5, 0.6) is 0 Å². The van der Waals surface area contributed by atoms with E-state index in [0.717, 1.165) is 45.6 Å². The molecule has 6 rings (SSSR count). The molecule has 5 heteroatoms. The average molecular weight is 490 g/mol. The summed E-state index contributed by atoms with van der Waals surface area (Å²) in [4.78, 5) is 9.84. The van der Waals surface area contributed by atoms with Gasteiger partial charge in [-0.15, -0.1) is 0 Å². The molecule has 186 valence electrons. The van der Waals surface area contributed by atoms with Crippen LogP contribution in [0.3, 0.4) is 0 Å². The van der Waals surface area contributed by atoms with Gasteiger partial charge in [-0.1, -0.05) is 67.6 Å². The highest BCUT2D eigenvalue weighted by Gasteiger charge is 2.33. The van der Waals surface area contributed by atoms with Crippen molar-refractivity contribution in [3.63, 3.8) is 0 Å². The molecule has 0 amide bonds. The fraction of sp³-hybridized carbons (Fsp3) is 0.250. The largest absolute Gasteiger partial charge is 0.392 e. The molecule has 0 spiro atoms. The van der Waals surface area contributed by atoms with Crippen molar-refractivity contribution in [3.05, 3.63) is 120 Å². The highest BCUT2D eigenvalue weighted by Crippen LogP contribution is 2.40. The van der Waals surface area contributed by atoms with E-state index in [2.05, 4.69) is 73.1 Å². The van der Waals surface area contributed by atoms with E-state index in [0.29, 0.717) is 11.8 Å². The van der Waals surface area contributed by atoms with Crippen molar-refractivity contribution < 1.29 is 9.84 Å². The van der Waals surface area contributed by atoms with Crippen molar-refractivity contribution in [1.82, 2.24) is 14.5 Å². The lowest BCUT2D eigenvalue weighted by Gasteiger charge is -2.22. The summed E-state index contributed by atoms with van der Waals surface area (Å²) in [5, 5.41) is 9.54. The van der Waals surface area contributed by atoms with Gasteiger partial charge in [0.15, 0.2) is 0 Å². The minimum Gasteiger partial charge on any atom is -0.392 e. The van der Waals surface area contributed by atoms with Crippen molar-refractivity contribution in [2.75, 3.05) is 6.61 Å². The normalized spacial score (nSPS) is 20.4. The maximum Gasteiger partial charge on any atom is 0.101 e. The Balaban J connectivity index is 1.60. The Morgan fingerprint density at radius 1 is 0.973 bits per heavy atom. The van der Waals surface area contributed by atoms with E-state index in [1.807, 2.05) is 42.7 Å². The lowest BCUT2D eigenvalue weighted by molar-refractivity contribution is 0.115. The Labute approximate surface area is 217 Å². The van der Waals surface area contributed by atoms with E-state index in [-0.39, 0.29) is 18.8 Å². The molecule has 37 heavy (non-hydrogen) atoms. The Kier molecular flexibility index (Phi) is 6.33. The van der Waals surface area contributed by atoms with E-state index in [9.17, 15) is 5.11 Å². The zero-order valence-corrected chi connectivity index (χ0v) is 21.2. The predicted molar refractivity (Wildman–Crippen MR) is 146 cm³/mol. The molecule has 0 radical (unpaired) electrons. The van der Waals surface area contributed by atoms with Crippen LogP contribution in [0.15, 0.2) is 97.5 Å². The standard InChI is InChI=1S/C32H31N3O2/c1-21-20-37-22(2)30(21)26-16-29-31(34-17-26)27(24-13-11-23(19-36)12-14-24)18-35(29)32(25-8-4-3-5-9-25)28-10-6-7-15-33-28/h3-18,21-22,30,32,36H,19-20H2,1-2H3/t21?,22?,30?,32-/m1/s1. The van der Waals surface area contributed by atoms with Crippen LogP contribution in [0.25, 0.3) is 22.2 Å². The molecule has 4 atom stereocenters. The minimum absolute atomic E-state index is 0.0270. The van der Waals surface area contributed by atoms with Gasteiger partial charge in [0.1, 0.15) is 6.04 Å². The molecule has 1 fully saturated rings. The van der Waals surface area contributed by atoms with Crippen LogP contribution in [-0.4, -0.2) is 32.4 Å². The molecule has 0 bridgehead atoms. The number of nitrogens with zero attached hydrogens (tertiary/aromatic N) is 3. The van der Waals surface area contributed by atoms with Crippen LogP contribution in [0, 0.1) is 5.92 Å². The first-order valence-electron chi connectivity index (χ1n) is 12.9. The second-order valence-corrected chi connectivity index (χ2v) is 10.1. The summed E-state index contributed by atoms with van der Waals surface area (Å²) in [6.07, 6.45) is 6.25. The summed E-state index contributed by atoms with van der Waals surface area (Å²) in [7, 11) is 0. The van der Waals surface area contributed by atoms with Crippen LogP contribution in [0.4, 0.5) is 0 Å². The first-order valence-corrected chi connectivity index (χ1v) is 12.9. The van der Waals surface area contributed by atoms with E-state index >= 15 is 0 Å².